The van der Waals surface area contributed by atoms with Crippen molar-refractivity contribution in [2.75, 3.05) is 25.5 Å². The number of rotatable bonds is 3. The zero-order chi connectivity index (χ0) is 22.4. The second-order valence-electron chi connectivity index (χ2n) is 8.58. The summed E-state index contributed by atoms with van der Waals surface area (Å²) in [5.41, 5.74) is 3.56. The number of nitrogens with zero attached hydrogens (tertiary/aromatic N) is 4. The van der Waals surface area contributed by atoms with Crippen LogP contribution in [0.5, 0.6) is 0 Å². The van der Waals surface area contributed by atoms with Crippen LogP contribution >= 0.6 is 0 Å². The van der Waals surface area contributed by atoms with E-state index in [0.29, 0.717) is 18.8 Å². The number of hydrogen-bond donors (Lipinski definition) is 0. The van der Waals surface area contributed by atoms with Gasteiger partial charge in [-0.2, -0.15) is 0 Å². The molecule has 4 amide bonds. The second-order valence-corrected chi connectivity index (χ2v) is 8.58. The van der Waals surface area contributed by atoms with Crippen molar-refractivity contribution in [3.63, 3.8) is 0 Å². The lowest BCUT2D eigenvalue weighted by atomic mass is 10.0. The molecule has 2 aromatic carbocycles. The van der Waals surface area contributed by atoms with Gasteiger partial charge in [0.25, 0.3) is 5.91 Å². The molecule has 0 N–H and O–H groups in total. The van der Waals surface area contributed by atoms with Gasteiger partial charge in [-0.1, -0.05) is 48.5 Å². The Morgan fingerprint density at radius 3 is 2.50 bits per heavy atom. The molecule has 0 spiro atoms. The summed E-state index contributed by atoms with van der Waals surface area (Å²) in [5, 5.41) is 0. The van der Waals surface area contributed by atoms with Gasteiger partial charge in [0.05, 0.1) is 5.92 Å². The summed E-state index contributed by atoms with van der Waals surface area (Å²) in [6.07, 6.45) is 3.07. The molecule has 1 fully saturated rings. The van der Waals surface area contributed by atoms with Crippen LogP contribution < -0.4 is 4.90 Å². The van der Waals surface area contributed by atoms with Crippen molar-refractivity contribution >= 4 is 23.5 Å². The van der Waals surface area contributed by atoms with E-state index < -0.39 is 12.1 Å². The zero-order valence-corrected chi connectivity index (χ0v) is 18.3. The average molecular weight is 431 g/mol. The van der Waals surface area contributed by atoms with Gasteiger partial charge in [-0.15, -0.1) is 0 Å². The van der Waals surface area contributed by atoms with Gasteiger partial charge < -0.3 is 14.7 Å². The van der Waals surface area contributed by atoms with Crippen LogP contribution in [0.1, 0.15) is 17.5 Å². The van der Waals surface area contributed by atoms with Crippen LogP contribution in [0.3, 0.4) is 0 Å². The van der Waals surface area contributed by atoms with Crippen molar-refractivity contribution in [2.45, 2.75) is 25.6 Å². The lowest BCUT2D eigenvalue weighted by Gasteiger charge is -2.43. The first-order valence-electron chi connectivity index (χ1n) is 10.9. The Balaban J connectivity index is 1.55. The molecule has 0 aliphatic carbocycles. The predicted molar refractivity (Wildman–Crippen MR) is 120 cm³/mol. The Morgan fingerprint density at radius 2 is 1.72 bits per heavy atom. The van der Waals surface area contributed by atoms with Crippen LogP contribution in [0.15, 0.2) is 66.4 Å². The fourth-order valence-corrected chi connectivity index (χ4v) is 5.04. The highest BCUT2D eigenvalue weighted by Crippen LogP contribution is 2.38. The maximum Gasteiger partial charge on any atom is 0.327 e. The molecular weight excluding hydrogens is 404 g/mol. The number of urea groups is 1. The molecular formula is C25H26N4O3. The number of anilines is 1. The predicted octanol–water partition coefficient (Wildman–Crippen LogP) is 2.83. The summed E-state index contributed by atoms with van der Waals surface area (Å²) in [5.74, 6) is -0.984. The minimum absolute atomic E-state index is 0.126. The monoisotopic (exact) mass is 430 g/mol. The summed E-state index contributed by atoms with van der Waals surface area (Å²) in [7, 11) is 3.19. The van der Waals surface area contributed by atoms with Crippen molar-refractivity contribution in [3.05, 3.63) is 77.5 Å². The van der Waals surface area contributed by atoms with Crippen molar-refractivity contribution in [2.24, 2.45) is 5.92 Å². The molecule has 3 heterocycles. The highest BCUT2D eigenvalue weighted by molar-refractivity contribution is 6.08. The van der Waals surface area contributed by atoms with Crippen molar-refractivity contribution in [1.29, 1.82) is 0 Å². The number of amides is 4. The number of hydrogen-bond acceptors (Lipinski definition) is 4. The summed E-state index contributed by atoms with van der Waals surface area (Å²) >= 11 is 0. The third-order valence-electron chi connectivity index (χ3n) is 6.66. The average Bonchev–Trinajstić information content (AvgIpc) is 3.20. The van der Waals surface area contributed by atoms with Gasteiger partial charge in [-0.3, -0.25) is 14.5 Å². The first-order chi connectivity index (χ1) is 15.5. The Bertz CT molecular complexity index is 1110. The molecule has 2 aromatic rings. The van der Waals surface area contributed by atoms with E-state index in [1.165, 1.54) is 7.05 Å². The Hall–Kier alpha value is -3.61. The molecule has 7 nitrogen and oxygen atoms in total. The molecule has 32 heavy (non-hydrogen) atoms. The molecule has 0 radical (unpaired) electrons. The fourth-order valence-electron chi connectivity index (χ4n) is 5.04. The number of imide groups is 1. The third-order valence-corrected chi connectivity index (χ3v) is 6.66. The van der Waals surface area contributed by atoms with Crippen molar-refractivity contribution in [3.8, 4) is 0 Å². The SMILES string of the molecule is CN1C(=O)C2C=C(C(=O)N3CCCc4ccccc43)N(Cc3ccccc3)C2N(C)C1=O. The maximum absolute atomic E-state index is 13.9. The molecule has 7 heteroatoms. The number of benzene rings is 2. The highest BCUT2D eigenvalue weighted by atomic mass is 16.2. The van der Waals surface area contributed by atoms with Crippen LogP contribution in [0.25, 0.3) is 0 Å². The Kier molecular flexibility index (Phi) is 4.96. The van der Waals surface area contributed by atoms with Gasteiger partial charge in [0.15, 0.2) is 0 Å². The molecule has 0 bridgehead atoms. The third kappa shape index (κ3) is 3.16. The van der Waals surface area contributed by atoms with Crippen LogP contribution in [-0.4, -0.2) is 59.4 Å². The van der Waals surface area contributed by atoms with E-state index in [0.717, 1.165) is 34.6 Å². The number of aryl methyl sites for hydroxylation is 1. The minimum atomic E-state index is -0.578. The van der Waals surface area contributed by atoms with Gasteiger partial charge in [0, 0.05) is 32.9 Å². The van der Waals surface area contributed by atoms with Crippen LogP contribution in [-0.2, 0) is 22.6 Å². The van der Waals surface area contributed by atoms with E-state index in [2.05, 4.69) is 6.07 Å². The molecule has 3 aliphatic heterocycles. The Morgan fingerprint density at radius 1 is 1.00 bits per heavy atom. The Labute approximate surface area is 187 Å². The quantitative estimate of drug-likeness (QED) is 0.751. The van der Waals surface area contributed by atoms with E-state index in [-0.39, 0.29) is 17.8 Å². The topological polar surface area (TPSA) is 64.2 Å². The molecule has 0 saturated carbocycles. The van der Waals surface area contributed by atoms with E-state index >= 15 is 0 Å². The molecule has 2 atom stereocenters. The van der Waals surface area contributed by atoms with Crippen LogP contribution in [0.2, 0.25) is 0 Å². The first kappa shape index (κ1) is 20.3. The number of fused-ring (bicyclic) bond motifs is 2. The summed E-state index contributed by atoms with van der Waals surface area (Å²) in [6.45, 7) is 1.06. The number of carbonyl (C=O) groups excluding carboxylic acids is 3. The van der Waals surface area contributed by atoms with E-state index in [4.69, 9.17) is 0 Å². The zero-order valence-electron chi connectivity index (χ0n) is 18.3. The summed E-state index contributed by atoms with van der Waals surface area (Å²) in [4.78, 5) is 46.0. The van der Waals surface area contributed by atoms with Gasteiger partial charge >= 0.3 is 6.03 Å². The molecule has 164 valence electrons. The van der Waals surface area contributed by atoms with E-state index in [9.17, 15) is 14.4 Å². The number of carbonyl (C=O) groups is 3. The van der Waals surface area contributed by atoms with Crippen LogP contribution in [0, 0.1) is 5.92 Å². The molecule has 3 aliphatic rings. The lowest BCUT2D eigenvalue weighted by molar-refractivity contribution is -0.137. The van der Waals surface area contributed by atoms with Gasteiger partial charge in [0.1, 0.15) is 11.9 Å². The van der Waals surface area contributed by atoms with E-state index in [1.54, 1.807) is 18.0 Å². The van der Waals surface area contributed by atoms with E-state index in [1.807, 2.05) is 58.3 Å². The molecule has 2 unspecified atom stereocenters. The molecule has 1 saturated heterocycles. The van der Waals surface area contributed by atoms with Crippen molar-refractivity contribution < 1.29 is 14.4 Å². The fraction of sp³-hybridized carbons (Fsp3) is 0.320. The summed E-state index contributed by atoms with van der Waals surface area (Å²) in [6, 6.07) is 17.4. The van der Waals surface area contributed by atoms with Gasteiger partial charge in [-0.25, -0.2) is 4.79 Å². The van der Waals surface area contributed by atoms with Crippen LogP contribution in [0.4, 0.5) is 10.5 Å². The van der Waals surface area contributed by atoms with Gasteiger partial charge in [-0.05, 0) is 36.1 Å². The lowest BCUT2D eigenvalue weighted by Crippen LogP contribution is -2.61. The minimum Gasteiger partial charge on any atom is -0.341 e. The largest absolute Gasteiger partial charge is 0.341 e. The maximum atomic E-state index is 13.9. The molecule has 5 rings (SSSR count). The normalized spacial score (nSPS) is 22.6. The molecule has 0 aromatic heterocycles. The standard InChI is InChI=1S/C25H26N4O3/c1-26-22-19(23(30)27(2)25(26)32)15-21(29(22)16-17-9-4-3-5-10-17)24(31)28-14-8-12-18-11-6-7-13-20(18)28/h3-7,9-11,13,15,19,22H,8,12,14,16H2,1-2H3. The number of para-hydroxylation sites is 1. The first-order valence-corrected chi connectivity index (χ1v) is 10.9. The van der Waals surface area contributed by atoms with Gasteiger partial charge in [0.2, 0.25) is 5.91 Å². The second kappa shape index (κ2) is 7.82. The highest BCUT2D eigenvalue weighted by Gasteiger charge is 2.51. The summed E-state index contributed by atoms with van der Waals surface area (Å²) < 4.78 is 0. The smallest absolute Gasteiger partial charge is 0.327 e. The van der Waals surface area contributed by atoms with Crippen molar-refractivity contribution in [1.82, 2.24) is 14.7 Å².